The van der Waals surface area contributed by atoms with Crippen LogP contribution >= 0.6 is 12.4 Å². The maximum absolute atomic E-state index is 8.20. The molecule has 0 fully saturated rings. The van der Waals surface area contributed by atoms with Gasteiger partial charge in [0.1, 0.15) is 0 Å². The monoisotopic (exact) mass is 163 g/mol. The minimum absolute atomic E-state index is 0. The van der Waals surface area contributed by atoms with Gasteiger partial charge in [0.2, 0.25) is 0 Å². The molecule has 0 radical (unpaired) electrons. The molecule has 0 unspecified atom stereocenters. The summed E-state index contributed by atoms with van der Waals surface area (Å²) < 4.78 is 0. The van der Waals surface area contributed by atoms with Crippen molar-refractivity contribution in [2.24, 2.45) is 0 Å². The summed E-state index contributed by atoms with van der Waals surface area (Å²) in [6.45, 7) is 2.48. The number of aliphatic hydroxyl groups excluding tert-OH is 1. The van der Waals surface area contributed by atoms with Crippen molar-refractivity contribution in [3.63, 3.8) is 0 Å². The predicted octanol–water partition coefficient (Wildman–Crippen LogP) is 1.66. The van der Waals surface area contributed by atoms with E-state index in [4.69, 9.17) is 5.11 Å². The van der Waals surface area contributed by atoms with Crippen molar-refractivity contribution in [1.29, 1.82) is 0 Å². The van der Waals surface area contributed by atoms with Crippen LogP contribution in [0.4, 0.5) is 0 Å². The molecule has 0 spiro atoms. The Bertz CT molecular complexity index is 25.0. The standard InChI is InChI=1S/C5H12O.CH3.ClH.Mg/c1-2-3-4-5-6;;;/h6H,2-5H2,1H3;1H3;1H;/q;-1;;+2. The van der Waals surface area contributed by atoms with Crippen LogP contribution in [-0.2, 0) is 0 Å². The Kier molecular flexibility index (Phi) is 57.6. The largest absolute Gasteiger partial charge is 2.00 e. The summed E-state index contributed by atoms with van der Waals surface area (Å²) in [5, 5.41) is 8.20. The third-order valence-electron chi connectivity index (χ3n) is 0.762. The molecule has 54 valence electrons. The molecule has 0 bridgehead atoms. The fourth-order valence-corrected chi connectivity index (χ4v) is 0.362. The van der Waals surface area contributed by atoms with Crippen LogP contribution in [0, 0.1) is 7.43 Å². The van der Waals surface area contributed by atoms with E-state index in [2.05, 4.69) is 6.92 Å². The van der Waals surface area contributed by atoms with Crippen LogP contribution in [0.15, 0.2) is 0 Å². The van der Waals surface area contributed by atoms with Gasteiger partial charge in [-0.15, -0.1) is 12.4 Å². The Morgan fingerprint density at radius 2 is 1.67 bits per heavy atom. The maximum Gasteiger partial charge on any atom is 2.00 e. The number of hydrogen-bond acceptors (Lipinski definition) is 1. The van der Waals surface area contributed by atoms with E-state index in [-0.39, 0.29) is 42.9 Å². The van der Waals surface area contributed by atoms with Crippen LogP contribution in [0.5, 0.6) is 0 Å². The SMILES string of the molecule is CCCCCO.Cl.[CH3-].[Mg+2]. The van der Waals surface area contributed by atoms with Crippen molar-refractivity contribution >= 4 is 35.5 Å². The van der Waals surface area contributed by atoms with Gasteiger partial charge in [0.15, 0.2) is 0 Å². The van der Waals surface area contributed by atoms with E-state index in [9.17, 15) is 0 Å². The summed E-state index contributed by atoms with van der Waals surface area (Å²) in [6, 6.07) is 0. The predicted molar refractivity (Wildman–Crippen MR) is 46.0 cm³/mol. The molecule has 3 heteroatoms. The fourth-order valence-electron chi connectivity index (χ4n) is 0.362. The second kappa shape index (κ2) is 23.0. The molecular weight excluding hydrogens is 148 g/mol. The Balaban J connectivity index is -0.0000000417. The Labute approximate surface area is 80.8 Å². The topological polar surface area (TPSA) is 20.2 Å². The van der Waals surface area contributed by atoms with Crippen LogP contribution in [0.3, 0.4) is 0 Å². The molecule has 0 amide bonds. The van der Waals surface area contributed by atoms with E-state index in [1.165, 1.54) is 6.42 Å². The van der Waals surface area contributed by atoms with Crippen molar-refractivity contribution in [2.45, 2.75) is 26.2 Å². The molecule has 0 aliphatic rings. The summed E-state index contributed by atoms with van der Waals surface area (Å²) in [7, 11) is 0. The van der Waals surface area contributed by atoms with Gasteiger partial charge in [0.05, 0.1) is 0 Å². The first-order valence-electron chi connectivity index (χ1n) is 2.52. The number of rotatable bonds is 3. The Hall–Kier alpha value is 1.02. The van der Waals surface area contributed by atoms with E-state index >= 15 is 0 Å². The van der Waals surface area contributed by atoms with Crippen molar-refractivity contribution in [3.8, 4) is 0 Å². The first-order chi connectivity index (χ1) is 2.91. The zero-order valence-electron chi connectivity index (χ0n) is 6.39. The maximum atomic E-state index is 8.20. The van der Waals surface area contributed by atoms with Crippen molar-refractivity contribution in [1.82, 2.24) is 0 Å². The number of aliphatic hydroxyl groups is 1. The quantitative estimate of drug-likeness (QED) is 0.382. The molecule has 0 rings (SSSR count). The third-order valence-corrected chi connectivity index (χ3v) is 0.762. The third kappa shape index (κ3) is 27.5. The van der Waals surface area contributed by atoms with Gasteiger partial charge in [-0.05, 0) is 6.42 Å². The molecule has 1 nitrogen and oxygen atoms in total. The molecule has 0 heterocycles. The summed E-state index contributed by atoms with van der Waals surface area (Å²) in [4.78, 5) is 0. The molecule has 1 N–H and O–H groups in total. The zero-order valence-corrected chi connectivity index (χ0v) is 8.62. The van der Waals surface area contributed by atoms with Gasteiger partial charge in [-0.2, -0.15) is 0 Å². The van der Waals surface area contributed by atoms with E-state index in [1.54, 1.807) is 0 Å². The van der Waals surface area contributed by atoms with E-state index in [0.717, 1.165) is 12.8 Å². The Morgan fingerprint density at radius 3 is 1.78 bits per heavy atom. The molecule has 0 aromatic rings. The molecular formula is C6H16ClMgO+. The molecule has 0 aromatic heterocycles. The Morgan fingerprint density at radius 1 is 1.22 bits per heavy atom. The molecule has 0 saturated carbocycles. The zero-order chi connectivity index (χ0) is 4.83. The number of halogens is 1. The average molecular weight is 164 g/mol. The average Bonchev–Trinajstić information content (AvgIpc) is 1.61. The van der Waals surface area contributed by atoms with Crippen LogP contribution in [0.25, 0.3) is 0 Å². The van der Waals surface area contributed by atoms with Crippen molar-refractivity contribution in [3.05, 3.63) is 7.43 Å². The first kappa shape index (κ1) is 22.5. The minimum atomic E-state index is 0. The van der Waals surface area contributed by atoms with Crippen molar-refractivity contribution in [2.75, 3.05) is 6.61 Å². The van der Waals surface area contributed by atoms with Crippen molar-refractivity contribution < 1.29 is 5.11 Å². The first-order valence-corrected chi connectivity index (χ1v) is 2.52. The molecule has 0 saturated heterocycles. The van der Waals surface area contributed by atoms with E-state index in [1.807, 2.05) is 0 Å². The van der Waals surface area contributed by atoms with Gasteiger partial charge in [-0.25, -0.2) is 0 Å². The smallest absolute Gasteiger partial charge is 0.396 e. The van der Waals surface area contributed by atoms with Gasteiger partial charge in [-0.3, -0.25) is 0 Å². The van der Waals surface area contributed by atoms with Gasteiger partial charge < -0.3 is 12.5 Å². The molecule has 0 aromatic carbocycles. The molecule has 0 aliphatic carbocycles. The minimum Gasteiger partial charge on any atom is -0.396 e. The summed E-state index contributed by atoms with van der Waals surface area (Å²) in [6.07, 6.45) is 3.33. The van der Waals surface area contributed by atoms with Gasteiger partial charge >= 0.3 is 23.1 Å². The summed E-state index contributed by atoms with van der Waals surface area (Å²) in [5.41, 5.74) is 0. The molecule has 9 heavy (non-hydrogen) atoms. The fraction of sp³-hybridized carbons (Fsp3) is 0.833. The molecule has 0 atom stereocenters. The number of hydrogen-bond donors (Lipinski definition) is 1. The van der Waals surface area contributed by atoms with E-state index in [0.29, 0.717) is 6.61 Å². The van der Waals surface area contributed by atoms with Crippen LogP contribution in [-0.4, -0.2) is 34.8 Å². The van der Waals surface area contributed by atoms with Crippen LogP contribution in [0.2, 0.25) is 0 Å². The van der Waals surface area contributed by atoms with Gasteiger partial charge in [0.25, 0.3) is 0 Å². The van der Waals surface area contributed by atoms with Gasteiger partial charge in [-0.1, -0.05) is 19.8 Å². The molecule has 0 aliphatic heterocycles. The summed E-state index contributed by atoms with van der Waals surface area (Å²) in [5.74, 6) is 0. The summed E-state index contributed by atoms with van der Waals surface area (Å²) >= 11 is 0. The number of unbranched alkanes of at least 4 members (excludes halogenated alkanes) is 2. The normalized spacial score (nSPS) is 6.00. The second-order valence-corrected chi connectivity index (χ2v) is 1.43. The second-order valence-electron chi connectivity index (χ2n) is 1.43. The van der Waals surface area contributed by atoms with Gasteiger partial charge in [0, 0.05) is 6.61 Å². The van der Waals surface area contributed by atoms with Crippen LogP contribution < -0.4 is 0 Å². The van der Waals surface area contributed by atoms with E-state index < -0.39 is 0 Å². The van der Waals surface area contributed by atoms with Crippen LogP contribution in [0.1, 0.15) is 26.2 Å².